The van der Waals surface area contributed by atoms with Crippen LogP contribution in [0.4, 0.5) is 0 Å². The minimum atomic E-state index is -0.173. The molecule has 0 unspecified atom stereocenters. The number of hydrogen-bond donors (Lipinski definition) is 2. The Labute approximate surface area is 121 Å². The van der Waals surface area contributed by atoms with Gasteiger partial charge in [-0.05, 0) is 17.2 Å². The summed E-state index contributed by atoms with van der Waals surface area (Å²) in [4.78, 5) is 15.9. The highest BCUT2D eigenvalue weighted by Crippen LogP contribution is 2.16. The maximum Gasteiger partial charge on any atom is 0.271 e. The normalized spacial score (nSPS) is 10.5. The molecular weight excluding hydrogens is 266 g/mol. The molecule has 0 fully saturated rings. The molecule has 0 aliphatic rings. The zero-order valence-corrected chi connectivity index (χ0v) is 11.6. The quantitative estimate of drug-likeness (QED) is 0.765. The van der Waals surface area contributed by atoms with Crippen molar-refractivity contribution in [3.63, 3.8) is 0 Å². The van der Waals surface area contributed by atoms with E-state index < -0.39 is 0 Å². The average Bonchev–Trinajstić information content (AvgIpc) is 3.16. The van der Waals surface area contributed by atoms with E-state index in [2.05, 4.69) is 20.5 Å². The van der Waals surface area contributed by atoms with Gasteiger partial charge in [0.05, 0.1) is 12.0 Å². The summed E-state index contributed by atoms with van der Waals surface area (Å²) < 4.78 is 1.74. The van der Waals surface area contributed by atoms with Gasteiger partial charge in [0.2, 0.25) is 0 Å². The Bertz CT molecular complexity index is 728. The van der Waals surface area contributed by atoms with E-state index in [0.717, 1.165) is 16.8 Å². The fourth-order valence-electron chi connectivity index (χ4n) is 2.02. The predicted molar refractivity (Wildman–Crippen MR) is 78.4 cm³/mol. The van der Waals surface area contributed by atoms with E-state index in [9.17, 15) is 4.79 Å². The second kappa shape index (κ2) is 5.62. The smallest absolute Gasteiger partial charge is 0.271 e. The minimum absolute atomic E-state index is 0.173. The van der Waals surface area contributed by atoms with Gasteiger partial charge in [0.15, 0.2) is 0 Å². The lowest BCUT2D eigenvalue weighted by Crippen LogP contribution is -2.23. The van der Waals surface area contributed by atoms with Crippen molar-refractivity contribution in [2.75, 3.05) is 0 Å². The molecule has 6 heteroatoms. The van der Waals surface area contributed by atoms with Gasteiger partial charge in [0.1, 0.15) is 5.69 Å². The summed E-state index contributed by atoms with van der Waals surface area (Å²) in [5.41, 5.74) is 3.49. The van der Waals surface area contributed by atoms with Gasteiger partial charge in [-0.2, -0.15) is 5.10 Å². The molecule has 0 atom stereocenters. The molecule has 0 spiro atoms. The molecule has 106 valence electrons. The van der Waals surface area contributed by atoms with Crippen LogP contribution in [0.5, 0.6) is 0 Å². The standard InChI is InChI=1S/C15H15N5O/c1-20-9-14(17-10-20)15(21)16-8-11-2-4-12(5-3-11)13-6-7-18-19-13/h2-7,9-10H,8H2,1H3,(H,16,21)(H,18,19). The number of rotatable bonds is 4. The van der Waals surface area contributed by atoms with Gasteiger partial charge in [-0.3, -0.25) is 9.89 Å². The molecule has 3 rings (SSSR count). The Balaban J connectivity index is 1.62. The summed E-state index contributed by atoms with van der Waals surface area (Å²) >= 11 is 0. The molecular formula is C15H15N5O. The van der Waals surface area contributed by atoms with Crippen LogP contribution in [0, 0.1) is 0 Å². The number of aromatic nitrogens is 4. The van der Waals surface area contributed by atoms with Crippen LogP contribution in [0.3, 0.4) is 0 Å². The molecule has 0 radical (unpaired) electrons. The average molecular weight is 281 g/mol. The first-order valence-electron chi connectivity index (χ1n) is 6.57. The van der Waals surface area contributed by atoms with Gasteiger partial charge >= 0.3 is 0 Å². The Hall–Kier alpha value is -2.89. The van der Waals surface area contributed by atoms with E-state index in [-0.39, 0.29) is 5.91 Å². The van der Waals surface area contributed by atoms with Crippen LogP contribution >= 0.6 is 0 Å². The van der Waals surface area contributed by atoms with Crippen molar-refractivity contribution in [3.05, 3.63) is 60.3 Å². The van der Waals surface area contributed by atoms with Crippen LogP contribution in [0.15, 0.2) is 49.1 Å². The lowest BCUT2D eigenvalue weighted by Gasteiger charge is -2.04. The first-order valence-corrected chi connectivity index (χ1v) is 6.57. The zero-order valence-electron chi connectivity index (χ0n) is 11.6. The van der Waals surface area contributed by atoms with Crippen LogP contribution < -0.4 is 5.32 Å². The third kappa shape index (κ3) is 3.00. The Kier molecular flexibility index (Phi) is 3.51. The van der Waals surface area contributed by atoms with Gasteiger partial charge in [-0.15, -0.1) is 0 Å². The van der Waals surface area contributed by atoms with Crippen LogP contribution in [0.2, 0.25) is 0 Å². The van der Waals surface area contributed by atoms with E-state index in [0.29, 0.717) is 12.2 Å². The molecule has 3 aromatic rings. The van der Waals surface area contributed by atoms with Crippen LogP contribution in [0.25, 0.3) is 11.3 Å². The van der Waals surface area contributed by atoms with Gasteiger partial charge < -0.3 is 9.88 Å². The number of amides is 1. The number of hydrogen-bond acceptors (Lipinski definition) is 3. The molecule has 1 amide bonds. The summed E-state index contributed by atoms with van der Waals surface area (Å²) in [6.45, 7) is 0.471. The van der Waals surface area contributed by atoms with Crippen molar-refractivity contribution >= 4 is 5.91 Å². The second-order valence-corrected chi connectivity index (χ2v) is 4.77. The highest BCUT2D eigenvalue weighted by Gasteiger charge is 2.08. The molecule has 21 heavy (non-hydrogen) atoms. The molecule has 1 aromatic carbocycles. The number of benzene rings is 1. The van der Waals surface area contributed by atoms with Crippen molar-refractivity contribution < 1.29 is 4.79 Å². The van der Waals surface area contributed by atoms with Gasteiger partial charge in [0.25, 0.3) is 5.91 Å². The third-order valence-electron chi connectivity index (χ3n) is 3.16. The number of aromatic amines is 1. The first kappa shape index (κ1) is 13.1. The lowest BCUT2D eigenvalue weighted by molar-refractivity contribution is 0.0946. The molecule has 0 bridgehead atoms. The van der Waals surface area contributed by atoms with Crippen LogP contribution in [-0.4, -0.2) is 25.7 Å². The Morgan fingerprint density at radius 3 is 2.71 bits per heavy atom. The fraction of sp³-hybridized carbons (Fsp3) is 0.133. The molecule has 0 aliphatic heterocycles. The predicted octanol–water partition coefficient (Wildman–Crippen LogP) is 1.74. The van der Waals surface area contributed by atoms with E-state index >= 15 is 0 Å². The summed E-state index contributed by atoms with van der Waals surface area (Å²) in [5, 5.41) is 9.69. The second-order valence-electron chi connectivity index (χ2n) is 4.77. The van der Waals surface area contributed by atoms with E-state index in [1.807, 2.05) is 37.4 Å². The number of nitrogens with zero attached hydrogens (tertiary/aromatic N) is 3. The van der Waals surface area contributed by atoms with Crippen molar-refractivity contribution in [2.45, 2.75) is 6.54 Å². The molecule has 2 N–H and O–H groups in total. The van der Waals surface area contributed by atoms with Crippen molar-refractivity contribution in [3.8, 4) is 11.3 Å². The number of nitrogens with one attached hydrogen (secondary N) is 2. The maximum atomic E-state index is 11.9. The largest absolute Gasteiger partial charge is 0.347 e. The molecule has 0 saturated heterocycles. The fourth-order valence-corrected chi connectivity index (χ4v) is 2.02. The molecule has 0 saturated carbocycles. The van der Waals surface area contributed by atoms with E-state index in [1.54, 1.807) is 23.3 Å². The zero-order chi connectivity index (χ0) is 14.7. The number of H-pyrrole nitrogens is 1. The SMILES string of the molecule is Cn1cnc(C(=O)NCc2ccc(-c3ccn[nH]3)cc2)c1. The highest BCUT2D eigenvalue weighted by molar-refractivity contribution is 5.91. The van der Waals surface area contributed by atoms with E-state index in [1.165, 1.54) is 0 Å². The minimum Gasteiger partial charge on any atom is -0.347 e. The third-order valence-corrected chi connectivity index (χ3v) is 3.16. The molecule has 6 nitrogen and oxygen atoms in total. The number of aryl methyl sites for hydroxylation is 1. The van der Waals surface area contributed by atoms with Crippen LogP contribution in [0.1, 0.15) is 16.1 Å². The molecule has 0 aliphatic carbocycles. The van der Waals surface area contributed by atoms with Crippen molar-refractivity contribution in [1.82, 2.24) is 25.1 Å². The maximum absolute atomic E-state index is 11.9. The van der Waals surface area contributed by atoms with Crippen LogP contribution in [-0.2, 0) is 13.6 Å². The number of imidazole rings is 1. The molecule has 2 heterocycles. The first-order chi connectivity index (χ1) is 10.2. The monoisotopic (exact) mass is 281 g/mol. The summed E-state index contributed by atoms with van der Waals surface area (Å²) in [6, 6.07) is 9.87. The van der Waals surface area contributed by atoms with Crippen molar-refractivity contribution in [2.24, 2.45) is 7.05 Å². The number of carbonyl (C=O) groups is 1. The summed E-state index contributed by atoms with van der Waals surface area (Å²) in [5.74, 6) is -0.173. The van der Waals surface area contributed by atoms with Gasteiger partial charge in [-0.1, -0.05) is 24.3 Å². The lowest BCUT2D eigenvalue weighted by atomic mass is 10.1. The van der Waals surface area contributed by atoms with E-state index in [4.69, 9.17) is 0 Å². The summed E-state index contributed by atoms with van der Waals surface area (Å²) in [6.07, 6.45) is 5.01. The van der Waals surface area contributed by atoms with Gasteiger partial charge in [-0.25, -0.2) is 4.98 Å². The summed E-state index contributed by atoms with van der Waals surface area (Å²) in [7, 11) is 1.83. The van der Waals surface area contributed by atoms with Crippen molar-refractivity contribution in [1.29, 1.82) is 0 Å². The topological polar surface area (TPSA) is 75.6 Å². The highest BCUT2D eigenvalue weighted by atomic mass is 16.1. The number of carbonyl (C=O) groups excluding carboxylic acids is 1. The Morgan fingerprint density at radius 2 is 2.10 bits per heavy atom. The van der Waals surface area contributed by atoms with Gasteiger partial charge in [0, 0.05) is 26.0 Å². The molecule has 2 aromatic heterocycles. The Morgan fingerprint density at radius 1 is 1.29 bits per heavy atom.